The largest absolute Gasteiger partial charge is 0.298 e. The van der Waals surface area contributed by atoms with Crippen molar-refractivity contribution in [3.8, 4) is 0 Å². The Bertz CT molecular complexity index is 587. The lowest BCUT2D eigenvalue weighted by Gasteiger charge is -1.88. The van der Waals surface area contributed by atoms with Crippen LogP contribution in [0.4, 0.5) is 0 Å². The summed E-state index contributed by atoms with van der Waals surface area (Å²) in [5, 5.41) is 0. The highest BCUT2D eigenvalue weighted by atomic mass is 16.1. The van der Waals surface area contributed by atoms with Crippen LogP contribution in [-0.2, 0) is 9.59 Å². The van der Waals surface area contributed by atoms with Crippen molar-refractivity contribution in [3.05, 3.63) is 95.2 Å². The van der Waals surface area contributed by atoms with Gasteiger partial charge in [-0.1, -0.05) is 84.1 Å². The van der Waals surface area contributed by atoms with E-state index in [-0.39, 0.29) is 0 Å². The maximum atomic E-state index is 10.4. The summed E-state index contributed by atoms with van der Waals surface area (Å²) in [7, 11) is 0. The first-order valence-corrected chi connectivity index (χ1v) is 7.78. The molecule has 0 heterocycles. The normalized spacial score (nSPS) is 15.3. The predicted molar refractivity (Wildman–Crippen MR) is 104 cm³/mol. The maximum absolute atomic E-state index is 10.4. The van der Waals surface area contributed by atoms with E-state index in [1.807, 2.05) is 74.6 Å². The molecule has 0 saturated heterocycles. The molecule has 0 saturated carbocycles. The molecule has 0 aliphatic rings. The molecule has 0 bridgehead atoms. The van der Waals surface area contributed by atoms with E-state index >= 15 is 0 Å². The zero-order valence-corrected chi connectivity index (χ0v) is 14.9. The van der Waals surface area contributed by atoms with Crippen LogP contribution in [0.3, 0.4) is 0 Å². The standard InChI is InChI=1S/C22H26O2/c1-19(13-9-15-21(3)17-23)11-7-5-6-8-12-20(2)14-10-16-22(4)18-24/h5-18H,1-4H3. The van der Waals surface area contributed by atoms with Gasteiger partial charge in [-0.3, -0.25) is 9.59 Å². The molecule has 0 rings (SSSR count). The molecule has 0 unspecified atom stereocenters. The van der Waals surface area contributed by atoms with Gasteiger partial charge in [0.1, 0.15) is 12.6 Å². The number of aldehydes is 2. The van der Waals surface area contributed by atoms with E-state index in [1.54, 1.807) is 26.0 Å². The molecule has 0 N–H and O–H groups in total. The first kappa shape index (κ1) is 21.3. The highest BCUT2D eigenvalue weighted by Crippen LogP contribution is 1.99. The van der Waals surface area contributed by atoms with Crippen molar-refractivity contribution in [1.29, 1.82) is 0 Å². The fourth-order valence-corrected chi connectivity index (χ4v) is 1.44. The van der Waals surface area contributed by atoms with Gasteiger partial charge in [-0.25, -0.2) is 0 Å². The Morgan fingerprint density at radius 3 is 1.12 bits per heavy atom. The highest BCUT2D eigenvalue weighted by molar-refractivity contribution is 5.73. The van der Waals surface area contributed by atoms with Gasteiger partial charge in [0.2, 0.25) is 0 Å². The molecule has 0 atom stereocenters. The summed E-state index contributed by atoms with van der Waals surface area (Å²) in [5.74, 6) is 0. The van der Waals surface area contributed by atoms with Crippen LogP contribution in [0, 0.1) is 0 Å². The summed E-state index contributed by atoms with van der Waals surface area (Å²) in [6, 6.07) is 0. The summed E-state index contributed by atoms with van der Waals surface area (Å²) in [6.07, 6.45) is 24.7. The molecule has 2 nitrogen and oxygen atoms in total. The molecule has 0 fully saturated rings. The monoisotopic (exact) mass is 322 g/mol. The Balaban J connectivity index is 4.46. The molecular weight excluding hydrogens is 296 g/mol. The number of carbonyl (C=O) groups is 2. The molecule has 24 heavy (non-hydrogen) atoms. The molecule has 0 aliphatic carbocycles. The molecule has 0 aliphatic heterocycles. The van der Waals surface area contributed by atoms with Crippen molar-refractivity contribution >= 4 is 12.6 Å². The van der Waals surface area contributed by atoms with E-state index in [4.69, 9.17) is 0 Å². The summed E-state index contributed by atoms with van der Waals surface area (Å²) in [5.41, 5.74) is 3.60. The average molecular weight is 322 g/mol. The molecule has 0 spiro atoms. The van der Waals surface area contributed by atoms with E-state index in [2.05, 4.69) is 0 Å². The van der Waals surface area contributed by atoms with Crippen LogP contribution < -0.4 is 0 Å². The van der Waals surface area contributed by atoms with Gasteiger partial charge < -0.3 is 0 Å². The van der Waals surface area contributed by atoms with Crippen LogP contribution >= 0.6 is 0 Å². The summed E-state index contributed by atoms with van der Waals surface area (Å²) >= 11 is 0. The molecule has 0 amide bonds. The summed E-state index contributed by atoms with van der Waals surface area (Å²) in [6.45, 7) is 7.54. The zero-order valence-electron chi connectivity index (χ0n) is 14.9. The van der Waals surface area contributed by atoms with Crippen molar-refractivity contribution < 1.29 is 9.59 Å². The Labute approximate surface area is 145 Å². The fraction of sp³-hybridized carbons (Fsp3) is 0.182. The van der Waals surface area contributed by atoms with Crippen LogP contribution in [0.2, 0.25) is 0 Å². The van der Waals surface area contributed by atoms with Crippen LogP contribution in [0.5, 0.6) is 0 Å². The first-order valence-electron chi connectivity index (χ1n) is 7.78. The topological polar surface area (TPSA) is 34.1 Å². The zero-order chi connectivity index (χ0) is 18.2. The number of hydrogen-bond acceptors (Lipinski definition) is 2. The van der Waals surface area contributed by atoms with Crippen molar-refractivity contribution in [1.82, 2.24) is 0 Å². The van der Waals surface area contributed by atoms with E-state index in [1.165, 1.54) is 0 Å². The number of hydrogen-bond donors (Lipinski definition) is 0. The molecular formula is C22H26O2. The van der Waals surface area contributed by atoms with Crippen LogP contribution in [0.15, 0.2) is 95.2 Å². The van der Waals surface area contributed by atoms with Crippen molar-refractivity contribution in [2.24, 2.45) is 0 Å². The second kappa shape index (κ2) is 13.9. The molecule has 0 aromatic rings. The SMILES string of the molecule is CC(C=O)=CC=CC(C)=CC=CC=CC=C(C)C=CC=C(C)C=O. The predicted octanol–water partition coefficient (Wildman–Crippen LogP) is 5.39. The van der Waals surface area contributed by atoms with Gasteiger partial charge in [0.25, 0.3) is 0 Å². The Kier molecular flexibility index (Phi) is 12.3. The Morgan fingerprint density at radius 1 is 0.458 bits per heavy atom. The van der Waals surface area contributed by atoms with Crippen LogP contribution in [0.1, 0.15) is 27.7 Å². The third kappa shape index (κ3) is 13.0. The molecule has 0 radical (unpaired) electrons. The number of allylic oxidation sites excluding steroid dienone is 16. The smallest absolute Gasteiger partial charge is 0.145 e. The molecule has 126 valence electrons. The van der Waals surface area contributed by atoms with Gasteiger partial charge in [0.15, 0.2) is 0 Å². The van der Waals surface area contributed by atoms with E-state index < -0.39 is 0 Å². The van der Waals surface area contributed by atoms with E-state index in [0.717, 1.165) is 23.7 Å². The van der Waals surface area contributed by atoms with Crippen LogP contribution in [-0.4, -0.2) is 12.6 Å². The van der Waals surface area contributed by atoms with Gasteiger partial charge in [0.05, 0.1) is 0 Å². The summed E-state index contributed by atoms with van der Waals surface area (Å²) < 4.78 is 0. The molecule has 2 heteroatoms. The summed E-state index contributed by atoms with van der Waals surface area (Å²) in [4.78, 5) is 20.9. The maximum Gasteiger partial charge on any atom is 0.145 e. The van der Waals surface area contributed by atoms with E-state index in [0.29, 0.717) is 11.1 Å². The third-order valence-corrected chi connectivity index (χ3v) is 2.86. The van der Waals surface area contributed by atoms with Crippen molar-refractivity contribution in [3.63, 3.8) is 0 Å². The first-order chi connectivity index (χ1) is 11.5. The third-order valence-electron chi connectivity index (χ3n) is 2.86. The van der Waals surface area contributed by atoms with Gasteiger partial charge in [-0.15, -0.1) is 0 Å². The van der Waals surface area contributed by atoms with Crippen molar-refractivity contribution in [2.75, 3.05) is 0 Å². The number of carbonyl (C=O) groups excluding carboxylic acids is 2. The Hall–Kier alpha value is -2.74. The van der Waals surface area contributed by atoms with Crippen LogP contribution in [0.25, 0.3) is 0 Å². The second-order valence-corrected chi connectivity index (χ2v) is 5.37. The lowest BCUT2D eigenvalue weighted by molar-refractivity contribution is -0.105. The lowest BCUT2D eigenvalue weighted by atomic mass is 10.2. The van der Waals surface area contributed by atoms with Gasteiger partial charge in [0, 0.05) is 0 Å². The highest BCUT2D eigenvalue weighted by Gasteiger charge is 1.81. The lowest BCUT2D eigenvalue weighted by Crippen LogP contribution is -1.73. The van der Waals surface area contributed by atoms with Gasteiger partial charge in [-0.05, 0) is 38.8 Å². The minimum atomic E-state index is 0.700. The minimum absolute atomic E-state index is 0.700. The second-order valence-electron chi connectivity index (χ2n) is 5.37. The molecule has 0 aromatic heterocycles. The van der Waals surface area contributed by atoms with Gasteiger partial charge >= 0.3 is 0 Å². The average Bonchev–Trinajstić information content (AvgIpc) is 2.57. The molecule has 0 aromatic carbocycles. The number of rotatable bonds is 9. The minimum Gasteiger partial charge on any atom is -0.298 e. The fourth-order valence-electron chi connectivity index (χ4n) is 1.44. The van der Waals surface area contributed by atoms with Gasteiger partial charge in [-0.2, -0.15) is 0 Å². The quantitative estimate of drug-likeness (QED) is 0.324. The Morgan fingerprint density at radius 2 is 0.792 bits per heavy atom. The van der Waals surface area contributed by atoms with E-state index in [9.17, 15) is 9.59 Å². The van der Waals surface area contributed by atoms with Crippen molar-refractivity contribution in [2.45, 2.75) is 27.7 Å².